The van der Waals surface area contributed by atoms with Crippen molar-refractivity contribution in [2.45, 2.75) is 4.90 Å². The zero-order valence-corrected chi connectivity index (χ0v) is 13.8. The third kappa shape index (κ3) is 2.52. The van der Waals surface area contributed by atoms with Gasteiger partial charge in [0, 0.05) is 17.0 Å². The van der Waals surface area contributed by atoms with Gasteiger partial charge in [0.25, 0.3) is 10.0 Å². The lowest BCUT2D eigenvalue weighted by molar-refractivity contribution is 0.597. The molecule has 0 aliphatic heterocycles. The molecule has 1 heterocycles. The third-order valence-corrected chi connectivity index (χ3v) is 5.60. The van der Waals surface area contributed by atoms with E-state index in [2.05, 4.69) is 4.98 Å². The van der Waals surface area contributed by atoms with Gasteiger partial charge in [-0.15, -0.1) is 0 Å². The number of sulfonamides is 1. The highest BCUT2D eigenvalue weighted by atomic mass is 32.2. The molecule has 0 N–H and O–H groups in total. The van der Waals surface area contributed by atoms with Crippen LogP contribution in [0.15, 0.2) is 83.9 Å². The van der Waals surface area contributed by atoms with Crippen molar-refractivity contribution >= 4 is 37.4 Å². The van der Waals surface area contributed by atoms with Crippen molar-refractivity contribution < 1.29 is 8.42 Å². The summed E-state index contributed by atoms with van der Waals surface area (Å²) >= 11 is 0. The van der Waals surface area contributed by atoms with Crippen LogP contribution in [0.25, 0.3) is 21.7 Å². The van der Waals surface area contributed by atoms with Crippen LogP contribution in [-0.4, -0.2) is 13.4 Å². The lowest BCUT2D eigenvalue weighted by atomic mass is 10.1. The average Bonchev–Trinajstić information content (AvgIpc) is 2.66. The summed E-state index contributed by atoms with van der Waals surface area (Å²) in [5.74, 6) is 0. The molecule has 124 valence electrons. The average molecular weight is 349 g/mol. The molecule has 0 aliphatic carbocycles. The molecular formula is C19H13N2O3S-. The van der Waals surface area contributed by atoms with E-state index in [1.165, 1.54) is 18.3 Å². The molecule has 0 saturated carbocycles. The van der Waals surface area contributed by atoms with Gasteiger partial charge >= 0.3 is 0 Å². The first-order valence-corrected chi connectivity index (χ1v) is 9.07. The molecule has 0 atom stereocenters. The third-order valence-electron chi connectivity index (χ3n) is 4.05. The number of nitrogens with zero attached hydrogens (tertiary/aromatic N) is 2. The first kappa shape index (κ1) is 15.6. The second-order valence-electron chi connectivity index (χ2n) is 5.56. The molecular weight excluding hydrogens is 336 g/mol. The fourth-order valence-electron chi connectivity index (χ4n) is 2.87. The molecule has 25 heavy (non-hydrogen) atoms. The SMILES string of the molecule is O=S(=O)(c1cccc2ccccc12)N([O-])c1cccc2cccnc12. The van der Waals surface area contributed by atoms with Crippen molar-refractivity contribution in [3.05, 3.63) is 84.2 Å². The van der Waals surface area contributed by atoms with Gasteiger partial charge in [0.1, 0.15) is 0 Å². The van der Waals surface area contributed by atoms with Crippen LogP contribution >= 0.6 is 0 Å². The summed E-state index contributed by atoms with van der Waals surface area (Å²) in [6.07, 6.45) is 1.53. The lowest BCUT2D eigenvalue weighted by Crippen LogP contribution is -2.25. The molecule has 6 heteroatoms. The van der Waals surface area contributed by atoms with Gasteiger partial charge in [0.2, 0.25) is 0 Å². The predicted octanol–water partition coefficient (Wildman–Crippen LogP) is 4.08. The Morgan fingerprint density at radius 1 is 0.800 bits per heavy atom. The van der Waals surface area contributed by atoms with E-state index in [1.54, 1.807) is 42.5 Å². The standard InChI is InChI=1S/C19H13N2O3S/c22-21(17-11-3-8-15-9-5-13-20-19(15)17)25(23,24)18-12-4-7-14-6-1-2-10-16(14)18/h1-13H/q-1. The van der Waals surface area contributed by atoms with Crippen molar-refractivity contribution in [3.63, 3.8) is 0 Å². The van der Waals surface area contributed by atoms with Gasteiger partial charge in [-0.1, -0.05) is 54.6 Å². The first-order chi connectivity index (χ1) is 12.1. The highest BCUT2D eigenvalue weighted by Gasteiger charge is 2.21. The van der Waals surface area contributed by atoms with E-state index in [0.717, 1.165) is 5.39 Å². The smallest absolute Gasteiger partial charge is 0.255 e. The number of hydrogen-bond donors (Lipinski definition) is 0. The molecule has 0 radical (unpaired) electrons. The summed E-state index contributed by atoms with van der Waals surface area (Å²) in [6.45, 7) is 0. The maximum absolute atomic E-state index is 13.0. The molecule has 0 fully saturated rings. The van der Waals surface area contributed by atoms with Gasteiger partial charge in [-0.2, -0.15) is 0 Å². The van der Waals surface area contributed by atoms with Crippen LogP contribution in [0.1, 0.15) is 0 Å². The summed E-state index contributed by atoms with van der Waals surface area (Å²) < 4.78 is 26.0. The van der Waals surface area contributed by atoms with Gasteiger partial charge in [-0.25, -0.2) is 8.42 Å². The minimum absolute atomic E-state index is 0.00559. The second kappa shape index (κ2) is 5.84. The van der Waals surface area contributed by atoms with Crippen molar-refractivity contribution in [3.8, 4) is 0 Å². The quantitative estimate of drug-likeness (QED) is 0.522. The van der Waals surface area contributed by atoms with E-state index < -0.39 is 10.0 Å². The molecule has 4 aromatic rings. The zero-order valence-electron chi connectivity index (χ0n) is 13.0. The number of fused-ring (bicyclic) bond motifs is 2. The first-order valence-electron chi connectivity index (χ1n) is 7.63. The van der Waals surface area contributed by atoms with Crippen molar-refractivity contribution in [1.82, 2.24) is 4.98 Å². The van der Waals surface area contributed by atoms with Crippen molar-refractivity contribution in [2.75, 3.05) is 4.47 Å². The van der Waals surface area contributed by atoms with Crippen molar-refractivity contribution in [1.29, 1.82) is 0 Å². The number of pyridine rings is 1. The van der Waals surface area contributed by atoms with Gasteiger partial charge in [-0.3, -0.25) is 4.98 Å². The molecule has 0 spiro atoms. The Morgan fingerprint density at radius 2 is 1.48 bits per heavy atom. The molecule has 5 nitrogen and oxygen atoms in total. The summed E-state index contributed by atoms with van der Waals surface area (Å²) in [5, 5.41) is 14.8. The minimum Gasteiger partial charge on any atom is -0.744 e. The monoisotopic (exact) mass is 349 g/mol. The summed E-state index contributed by atoms with van der Waals surface area (Å²) in [4.78, 5) is 4.15. The van der Waals surface area contributed by atoms with Crippen LogP contribution in [0.5, 0.6) is 0 Å². The van der Waals surface area contributed by atoms with Crippen LogP contribution in [0.2, 0.25) is 0 Å². The van der Waals surface area contributed by atoms with Crippen LogP contribution < -0.4 is 4.47 Å². The second-order valence-corrected chi connectivity index (χ2v) is 7.28. The maximum atomic E-state index is 13.0. The topological polar surface area (TPSA) is 73.3 Å². The molecule has 0 bridgehead atoms. The van der Waals surface area contributed by atoms with Crippen LogP contribution in [0.3, 0.4) is 0 Å². The lowest BCUT2D eigenvalue weighted by Gasteiger charge is -2.30. The summed E-state index contributed by atoms with van der Waals surface area (Å²) in [6, 6.07) is 20.4. The highest BCUT2D eigenvalue weighted by Crippen LogP contribution is 2.31. The molecule has 0 amide bonds. The highest BCUT2D eigenvalue weighted by molar-refractivity contribution is 7.93. The van der Waals surface area contributed by atoms with Gasteiger partial charge in [0.05, 0.1) is 16.1 Å². The Kier molecular flexibility index (Phi) is 3.63. The predicted molar refractivity (Wildman–Crippen MR) is 98.7 cm³/mol. The van der Waals surface area contributed by atoms with E-state index >= 15 is 0 Å². The Morgan fingerprint density at radius 3 is 2.36 bits per heavy atom. The van der Waals surface area contributed by atoms with E-state index in [9.17, 15) is 13.6 Å². The molecule has 1 aromatic heterocycles. The Labute approximate surface area is 144 Å². The van der Waals surface area contributed by atoms with Crippen LogP contribution in [0.4, 0.5) is 5.69 Å². The largest absolute Gasteiger partial charge is 0.744 e. The van der Waals surface area contributed by atoms with E-state index in [1.807, 2.05) is 18.2 Å². The van der Waals surface area contributed by atoms with E-state index in [0.29, 0.717) is 16.3 Å². The number of aromatic nitrogens is 1. The van der Waals surface area contributed by atoms with E-state index in [4.69, 9.17) is 0 Å². The molecule has 0 saturated heterocycles. The van der Waals surface area contributed by atoms with Gasteiger partial charge in [-0.05, 0) is 23.6 Å². The minimum atomic E-state index is -4.27. The van der Waals surface area contributed by atoms with Crippen LogP contribution in [0, 0.1) is 5.21 Å². The van der Waals surface area contributed by atoms with Gasteiger partial charge in [0.15, 0.2) is 0 Å². The van der Waals surface area contributed by atoms with Crippen molar-refractivity contribution in [2.24, 2.45) is 0 Å². The summed E-state index contributed by atoms with van der Waals surface area (Å²) in [5.41, 5.74) is 0.356. The van der Waals surface area contributed by atoms with Gasteiger partial charge < -0.3 is 9.68 Å². The molecule has 4 rings (SSSR count). The number of rotatable bonds is 3. The summed E-state index contributed by atoms with van der Waals surface area (Å²) in [7, 11) is -4.27. The molecule has 3 aromatic carbocycles. The molecule has 0 unspecified atom stereocenters. The number of anilines is 1. The van der Waals surface area contributed by atoms with Crippen LogP contribution in [-0.2, 0) is 10.0 Å². The zero-order chi connectivity index (χ0) is 17.4. The Balaban J connectivity index is 1.92. The maximum Gasteiger partial charge on any atom is 0.255 e. The number of para-hydroxylation sites is 1. The fraction of sp³-hybridized carbons (Fsp3) is 0. The number of benzene rings is 3. The Bertz CT molecular complexity index is 1180. The Hall–Kier alpha value is -2.96. The van der Waals surface area contributed by atoms with E-state index in [-0.39, 0.29) is 15.1 Å². The molecule has 0 aliphatic rings. The number of hydrogen-bond acceptors (Lipinski definition) is 4. The fourth-order valence-corrected chi connectivity index (χ4v) is 4.17. The normalized spacial score (nSPS) is 11.7.